The quantitative estimate of drug-likeness (QED) is 0.737. The maximum absolute atomic E-state index is 10.9. The molecule has 0 amide bonds. The van der Waals surface area contributed by atoms with E-state index in [2.05, 4.69) is 0 Å². The van der Waals surface area contributed by atoms with Gasteiger partial charge in [-0.25, -0.2) is 4.79 Å². The van der Waals surface area contributed by atoms with Gasteiger partial charge >= 0.3 is 5.97 Å². The van der Waals surface area contributed by atoms with Crippen LogP contribution >= 0.6 is 22.9 Å². The number of hydrogen-bond donors (Lipinski definition) is 2. The molecular weight excluding hydrogens is 222 g/mol. The normalized spacial score (nSPS) is 10.6. The van der Waals surface area contributed by atoms with Crippen LogP contribution in [0.2, 0.25) is 4.34 Å². The van der Waals surface area contributed by atoms with Crippen LogP contribution in [0.4, 0.5) is 5.69 Å². The number of benzene rings is 1. The molecule has 0 aliphatic heterocycles. The Balaban J connectivity index is 2.87. The average molecular weight is 228 g/mol. The minimum atomic E-state index is -0.968. The maximum Gasteiger partial charge on any atom is 0.336 e. The fourth-order valence-electron chi connectivity index (χ4n) is 1.30. The molecule has 5 heteroatoms. The molecule has 3 nitrogen and oxygen atoms in total. The van der Waals surface area contributed by atoms with Crippen molar-refractivity contribution in [3.8, 4) is 0 Å². The molecule has 2 rings (SSSR count). The molecular formula is C9H6ClNO2S. The first-order chi connectivity index (χ1) is 6.59. The average Bonchev–Trinajstić information content (AvgIpc) is 2.47. The Morgan fingerprint density at radius 2 is 2.21 bits per heavy atom. The molecule has 0 aliphatic rings. The van der Waals surface area contributed by atoms with E-state index >= 15 is 0 Å². The predicted octanol–water partition coefficient (Wildman–Crippen LogP) is 2.84. The molecule has 0 aliphatic carbocycles. The summed E-state index contributed by atoms with van der Waals surface area (Å²) >= 11 is 7.09. The molecule has 0 unspecified atom stereocenters. The third-order valence-corrected chi connectivity index (χ3v) is 3.23. The molecule has 1 aromatic heterocycles. The van der Waals surface area contributed by atoms with Gasteiger partial charge in [0, 0.05) is 11.1 Å². The molecule has 1 aromatic carbocycles. The van der Waals surface area contributed by atoms with Crippen molar-refractivity contribution in [2.75, 3.05) is 5.73 Å². The van der Waals surface area contributed by atoms with E-state index in [1.165, 1.54) is 17.4 Å². The molecule has 0 bridgehead atoms. The van der Waals surface area contributed by atoms with Crippen molar-refractivity contribution in [3.63, 3.8) is 0 Å². The van der Waals surface area contributed by atoms with Crippen molar-refractivity contribution < 1.29 is 9.90 Å². The molecule has 14 heavy (non-hydrogen) atoms. The summed E-state index contributed by atoms with van der Waals surface area (Å²) in [7, 11) is 0. The van der Waals surface area contributed by atoms with Crippen LogP contribution in [0.25, 0.3) is 10.1 Å². The second kappa shape index (κ2) is 3.15. The topological polar surface area (TPSA) is 63.3 Å². The summed E-state index contributed by atoms with van der Waals surface area (Å²) < 4.78 is 1.27. The van der Waals surface area contributed by atoms with E-state index in [1.807, 2.05) is 0 Å². The monoisotopic (exact) mass is 227 g/mol. The molecule has 0 fully saturated rings. The third-order valence-electron chi connectivity index (χ3n) is 1.91. The van der Waals surface area contributed by atoms with Crippen molar-refractivity contribution in [2.24, 2.45) is 0 Å². The number of thiophene rings is 1. The molecule has 0 atom stereocenters. The number of halogens is 1. The molecule has 72 valence electrons. The van der Waals surface area contributed by atoms with Crippen molar-refractivity contribution >= 4 is 44.7 Å². The molecule has 0 radical (unpaired) electrons. The van der Waals surface area contributed by atoms with Gasteiger partial charge in [-0.3, -0.25) is 0 Å². The van der Waals surface area contributed by atoms with Crippen LogP contribution in [-0.4, -0.2) is 11.1 Å². The number of carboxylic acids is 1. The van der Waals surface area contributed by atoms with E-state index < -0.39 is 5.97 Å². The Morgan fingerprint density at radius 3 is 2.86 bits per heavy atom. The number of carboxylic acid groups (broad SMARTS) is 1. The number of aromatic carboxylic acids is 1. The number of fused-ring (bicyclic) bond motifs is 1. The van der Waals surface area contributed by atoms with Gasteiger partial charge in [-0.15, -0.1) is 11.3 Å². The van der Waals surface area contributed by atoms with Gasteiger partial charge in [-0.05, 0) is 18.2 Å². The number of anilines is 1. The number of rotatable bonds is 1. The predicted molar refractivity (Wildman–Crippen MR) is 58.2 cm³/mol. The van der Waals surface area contributed by atoms with Crippen LogP contribution in [0.15, 0.2) is 18.2 Å². The van der Waals surface area contributed by atoms with Crippen molar-refractivity contribution in [1.82, 2.24) is 0 Å². The Kier molecular flexibility index (Phi) is 2.09. The van der Waals surface area contributed by atoms with Gasteiger partial charge in [0.05, 0.1) is 14.6 Å². The van der Waals surface area contributed by atoms with Crippen LogP contribution in [0, 0.1) is 0 Å². The van der Waals surface area contributed by atoms with Gasteiger partial charge in [0.2, 0.25) is 0 Å². The van der Waals surface area contributed by atoms with Gasteiger partial charge in [-0.1, -0.05) is 11.6 Å². The minimum absolute atomic E-state index is 0.234. The Bertz CT molecular complexity index is 521. The zero-order valence-electron chi connectivity index (χ0n) is 6.95. The highest BCUT2D eigenvalue weighted by Gasteiger charge is 2.12. The van der Waals surface area contributed by atoms with E-state index in [0.717, 1.165) is 4.70 Å². The largest absolute Gasteiger partial charge is 0.478 e. The fourth-order valence-corrected chi connectivity index (χ4v) is 2.48. The standard InChI is InChI=1S/C9H6ClNO2S/c10-7-3-5-4(9(12)13)1-2-6(11)8(5)14-7/h1-3H,11H2,(H,12,13). The van der Waals surface area contributed by atoms with E-state index in [4.69, 9.17) is 22.4 Å². The van der Waals surface area contributed by atoms with Crippen LogP contribution in [-0.2, 0) is 0 Å². The molecule has 3 N–H and O–H groups in total. The lowest BCUT2D eigenvalue weighted by molar-refractivity contribution is 0.0699. The van der Waals surface area contributed by atoms with E-state index in [0.29, 0.717) is 15.4 Å². The molecule has 1 heterocycles. The summed E-state index contributed by atoms with van der Waals surface area (Å²) in [5.41, 5.74) is 6.49. The van der Waals surface area contributed by atoms with Crippen LogP contribution < -0.4 is 5.73 Å². The highest BCUT2D eigenvalue weighted by Crippen LogP contribution is 2.35. The summed E-state index contributed by atoms with van der Waals surface area (Å²) in [5.74, 6) is -0.968. The van der Waals surface area contributed by atoms with Gasteiger partial charge in [0.1, 0.15) is 0 Å². The second-order valence-electron chi connectivity index (χ2n) is 2.80. The lowest BCUT2D eigenvalue weighted by Gasteiger charge is -1.99. The van der Waals surface area contributed by atoms with Crippen molar-refractivity contribution in [1.29, 1.82) is 0 Å². The van der Waals surface area contributed by atoms with E-state index in [-0.39, 0.29) is 5.56 Å². The van der Waals surface area contributed by atoms with Crippen LogP contribution in [0.3, 0.4) is 0 Å². The summed E-state index contributed by atoms with van der Waals surface area (Å²) in [6.45, 7) is 0. The number of carbonyl (C=O) groups is 1. The summed E-state index contributed by atoms with van der Waals surface area (Å²) in [6.07, 6.45) is 0. The highest BCUT2D eigenvalue weighted by molar-refractivity contribution is 7.23. The smallest absolute Gasteiger partial charge is 0.336 e. The van der Waals surface area contributed by atoms with E-state index in [9.17, 15) is 4.79 Å². The second-order valence-corrected chi connectivity index (χ2v) is 4.48. The van der Waals surface area contributed by atoms with Crippen LogP contribution in [0.5, 0.6) is 0 Å². The van der Waals surface area contributed by atoms with Crippen molar-refractivity contribution in [2.45, 2.75) is 0 Å². The van der Waals surface area contributed by atoms with Crippen LogP contribution in [0.1, 0.15) is 10.4 Å². The molecule has 0 saturated carbocycles. The Labute approximate surface area is 88.7 Å². The number of nitrogens with two attached hydrogens (primary N) is 1. The molecule has 0 saturated heterocycles. The highest BCUT2D eigenvalue weighted by atomic mass is 35.5. The van der Waals surface area contributed by atoms with Gasteiger partial charge in [0.25, 0.3) is 0 Å². The first-order valence-electron chi connectivity index (χ1n) is 3.80. The van der Waals surface area contributed by atoms with Gasteiger partial charge in [-0.2, -0.15) is 0 Å². The van der Waals surface area contributed by atoms with Crippen molar-refractivity contribution in [3.05, 3.63) is 28.1 Å². The first-order valence-corrected chi connectivity index (χ1v) is 5.00. The Morgan fingerprint density at radius 1 is 1.50 bits per heavy atom. The molecule has 2 aromatic rings. The maximum atomic E-state index is 10.9. The molecule has 0 spiro atoms. The van der Waals surface area contributed by atoms with Gasteiger partial charge < -0.3 is 10.8 Å². The zero-order valence-corrected chi connectivity index (χ0v) is 8.52. The Hall–Kier alpha value is -1.26. The zero-order chi connectivity index (χ0) is 10.3. The summed E-state index contributed by atoms with van der Waals surface area (Å²) in [4.78, 5) is 10.9. The third kappa shape index (κ3) is 1.32. The number of nitrogen functional groups attached to an aromatic ring is 1. The SMILES string of the molecule is Nc1ccc(C(=O)O)c2cc(Cl)sc12. The summed E-state index contributed by atoms with van der Waals surface area (Å²) in [5, 5.41) is 9.51. The lowest BCUT2D eigenvalue weighted by atomic mass is 10.1. The lowest BCUT2D eigenvalue weighted by Crippen LogP contribution is -1.97. The minimum Gasteiger partial charge on any atom is -0.478 e. The fraction of sp³-hybridized carbons (Fsp3) is 0. The van der Waals surface area contributed by atoms with E-state index in [1.54, 1.807) is 12.1 Å². The number of hydrogen-bond acceptors (Lipinski definition) is 3. The summed E-state index contributed by atoms with van der Waals surface area (Å²) in [6, 6.07) is 4.70. The first kappa shape index (κ1) is 9.30. The van der Waals surface area contributed by atoms with Gasteiger partial charge in [0.15, 0.2) is 0 Å².